The minimum atomic E-state index is -0.134. The number of amides is 1. The Hall–Kier alpha value is -1.35. The molecule has 1 saturated carbocycles. The van der Waals surface area contributed by atoms with Crippen molar-refractivity contribution in [1.29, 1.82) is 0 Å². The number of benzene rings is 1. The van der Waals surface area contributed by atoms with Crippen molar-refractivity contribution in [2.24, 2.45) is 0 Å². The van der Waals surface area contributed by atoms with Gasteiger partial charge in [0.05, 0.1) is 6.04 Å². The third kappa shape index (κ3) is 3.13. The number of rotatable bonds is 4. The molecule has 1 aromatic carbocycles. The molecule has 1 fully saturated rings. The molecule has 21 heavy (non-hydrogen) atoms. The van der Waals surface area contributed by atoms with Crippen LogP contribution in [-0.4, -0.2) is 18.0 Å². The summed E-state index contributed by atoms with van der Waals surface area (Å²) in [6.07, 6.45) is 4.52. The number of hydrogen-bond donors (Lipinski definition) is 2. The lowest BCUT2D eigenvalue weighted by molar-refractivity contribution is -0.123. The highest BCUT2D eigenvalue weighted by atomic mass is 16.2. The van der Waals surface area contributed by atoms with E-state index in [4.69, 9.17) is 0 Å². The van der Waals surface area contributed by atoms with E-state index in [1.807, 2.05) is 6.92 Å². The van der Waals surface area contributed by atoms with Gasteiger partial charge in [0.2, 0.25) is 5.91 Å². The molecule has 0 bridgehead atoms. The van der Waals surface area contributed by atoms with Crippen LogP contribution in [0.5, 0.6) is 0 Å². The van der Waals surface area contributed by atoms with Gasteiger partial charge < -0.3 is 5.32 Å². The Balaban J connectivity index is 1.72. The summed E-state index contributed by atoms with van der Waals surface area (Å²) in [5, 5.41) is 6.62. The second kappa shape index (κ2) is 5.45. The Morgan fingerprint density at radius 2 is 1.95 bits per heavy atom. The molecule has 1 aromatic rings. The molecular formula is C18H26N2O. The topological polar surface area (TPSA) is 41.1 Å². The normalized spacial score (nSPS) is 25.0. The minimum absolute atomic E-state index is 0.134. The highest BCUT2D eigenvalue weighted by molar-refractivity contribution is 5.81. The first-order chi connectivity index (χ1) is 9.97. The van der Waals surface area contributed by atoms with E-state index >= 15 is 0 Å². The third-order valence-corrected chi connectivity index (χ3v) is 4.89. The number of carbonyl (C=O) groups excluding carboxylic acids is 1. The minimum Gasteiger partial charge on any atom is -0.352 e. The van der Waals surface area contributed by atoms with Gasteiger partial charge in [0.25, 0.3) is 0 Å². The highest BCUT2D eigenvalue weighted by Gasteiger charge is 2.34. The first kappa shape index (κ1) is 14.6. The first-order valence-electron chi connectivity index (χ1n) is 8.13. The monoisotopic (exact) mass is 286 g/mol. The van der Waals surface area contributed by atoms with Crippen molar-refractivity contribution in [3.8, 4) is 0 Å². The first-order valence-corrected chi connectivity index (χ1v) is 8.13. The maximum atomic E-state index is 12.1. The van der Waals surface area contributed by atoms with Crippen molar-refractivity contribution in [3.63, 3.8) is 0 Å². The van der Waals surface area contributed by atoms with Gasteiger partial charge in [-0.1, -0.05) is 38.1 Å². The average Bonchev–Trinajstić information content (AvgIpc) is 3.26. The van der Waals surface area contributed by atoms with Gasteiger partial charge in [-0.2, -0.15) is 0 Å². The van der Waals surface area contributed by atoms with E-state index in [0.717, 1.165) is 25.7 Å². The summed E-state index contributed by atoms with van der Waals surface area (Å²) in [4.78, 5) is 12.1. The number of nitrogens with one attached hydrogen (secondary N) is 2. The second-order valence-electron chi connectivity index (χ2n) is 7.23. The van der Waals surface area contributed by atoms with Gasteiger partial charge in [0.1, 0.15) is 0 Å². The lowest BCUT2D eigenvalue weighted by Gasteiger charge is -2.38. The predicted molar refractivity (Wildman–Crippen MR) is 85.2 cm³/mol. The zero-order valence-electron chi connectivity index (χ0n) is 13.3. The van der Waals surface area contributed by atoms with Crippen LogP contribution in [0.1, 0.15) is 63.6 Å². The van der Waals surface area contributed by atoms with E-state index in [0.29, 0.717) is 6.04 Å². The summed E-state index contributed by atoms with van der Waals surface area (Å²) in [7, 11) is 0. The Morgan fingerprint density at radius 3 is 2.67 bits per heavy atom. The van der Waals surface area contributed by atoms with E-state index in [1.54, 1.807) is 0 Å². The number of fused-ring (bicyclic) bond motifs is 1. The molecule has 2 unspecified atom stereocenters. The van der Waals surface area contributed by atoms with Crippen LogP contribution in [0.4, 0.5) is 0 Å². The average molecular weight is 286 g/mol. The van der Waals surface area contributed by atoms with E-state index in [2.05, 4.69) is 48.7 Å². The summed E-state index contributed by atoms with van der Waals surface area (Å²) < 4.78 is 0. The second-order valence-corrected chi connectivity index (χ2v) is 7.23. The van der Waals surface area contributed by atoms with Crippen molar-refractivity contribution in [3.05, 3.63) is 35.4 Å². The molecule has 0 aromatic heterocycles. The number of carbonyl (C=O) groups is 1. The molecule has 3 heteroatoms. The van der Waals surface area contributed by atoms with E-state index in [9.17, 15) is 4.79 Å². The quantitative estimate of drug-likeness (QED) is 0.893. The largest absolute Gasteiger partial charge is 0.352 e. The zero-order valence-corrected chi connectivity index (χ0v) is 13.3. The standard InChI is InChI=1S/C18H26N2O/c1-12(17(21)20-13-8-9-13)19-16-10-11-18(2,3)15-7-5-4-6-14(15)16/h4-7,12-13,16,19H,8-11H2,1-3H3,(H,20,21). The van der Waals surface area contributed by atoms with Crippen LogP contribution >= 0.6 is 0 Å². The van der Waals surface area contributed by atoms with Crippen LogP contribution in [0.3, 0.4) is 0 Å². The van der Waals surface area contributed by atoms with Gasteiger partial charge in [0.15, 0.2) is 0 Å². The molecule has 0 heterocycles. The molecule has 2 aliphatic rings. The van der Waals surface area contributed by atoms with Crippen molar-refractivity contribution in [2.45, 2.75) is 70.0 Å². The van der Waals surface area contributed by atoms with Crippen LogP contribution < -0.4 is 10.6 Å². The van der Waals surface area contributed by atoms with Crippen molar-refractivity contribution >= 4 is 5.91 Å². The Kier molecular flexibility index (Phi) is 3.78. The van der Waals surface area contributed by atoms with Crippen molar-refractivity contribution in [1.82, 2.24) is 10.6 Å². The lowest BCUT2D eigenvalue weighted by atomic mass is 9.71. The van der Waals surface area contributed by atoms with Crippen LogP contribution in [0.2, 0.25) is 0 Å². The summed E-state index contributed by atoms with van der Waals surface area (Å²) in [6, 6.07) is 9.24. The smallest absolute Gasteiger partial charge is 0.237 e. The van der Waals surface area contributed by atoms with Crippen molar-refractivity contribution < 1.29 is 4.79 Å². The molecule has 1 amide bonds. The molecule has 2 N–H and O–H groups in total. The van der Waals surface area contributed by atoms with Gasteiger partial charge >= 0.3 is 0 Å². The van der Waals surface area contributed by atoms with E-state index < -0.39 is 0 Å². The Labute approximate surface area is 127 Å². The van der Waals surface area contributed by atoms with Crippen LogP contribution in [0.25, 0.3) is 0 Å². The van der Waals surface area contributed by atoms with Crippen LogP contribution in [0.15, 0.2) is 24.3 Å². The highest BCUT2D eigenvalue weighted by Crippen LogP contribution is 2.41. The van der Waals surface area contributed by atoms with Gasteiger partial charge in [-0.3, -0.25) is 10.1 Å². The van der Waals surface area contributed by atoms with E-state index in [1.165, 1.54) is 11.1 Å². The van der Waals surface area contributed by atoms with Gasteiger partial charge in [0, 0.05) is 12.1 Å². The lowest BCUT2D eigenvalue weighted by Crippen LogP contribution is -2.45. The maximum absolute atomic E-state index is 12.1. The number of hydrogen-bond acceptors (Lipinski definition) is 2. The van der Waals surface area contributed by atoms with Crippen LogP contribution in [-0.2, 0) is 10.2 Å². The molecule has 2 atom stereocenters. The van der Waals surface area contributed by atoms with Crippen LogP contribution in [0, 0.1) is 0 Å². The molecule has 0 aliphatic heterocycles. The molecular weight excluding hydrogens is 260 g/mol. The maximum Gasteiger partial charge on any atom is 0.237 e. The molecule has 3 nitrogen and oxygen atoms in total. The predicted octanol–water partition coefficient (Wildman–Crippen LogP) is 3.06. The molecule has 0 radical (unpaired) electrons. The fourth-order valence-corrected chi connectivity index (χ4v) is 3.32. The zero-order chi connectivity index (χ0) is 15.0. The van der Waals surface area contributed by atoms with Gasteiger partial charge in [-0.25, -0.2) is 0 Å². The van der Waals surface area contributed by atoms with Crippen molar-refractivity contribution in [2.75, 3.05) is 0 Å². The molecule has 114 valence electrons. The molecule has 0 spiro atoms. The third-order valence-electron chi connectivity index (χ3n) is 4.89. The molecule has 2 aliphatic carbocycles. The SMILES string of the molecule is CC(NC1CCC(C)(C)c2ccccc21)C(=O)NC1CC1. The summed E-state index contributed by atoms with van der Waals surface area (Å²) in [5.74, 6) is 0.139. The summed E-state index contributed by atoms with van der Waals surface area (Å²) >= 11 is 0. The Bertz CT molecular complexity index is 534. The van der Waals surface area contributed by atoms with E-state index in [-0.39, 0.29) is 23.4 Å². The Morgan fingerprint density at radius 1 is 1.24 bits per heavy atom. The summed E-state index contributed by atoms with van der Waals surface area (Å²) in [6.45, 7) is 6.59. The van der Waals surface area contributed by atoms with Gasteiger partial charge in [-0.05, 0) is 49.1 Å². The molecule has 0 saturated heterocycles. The fourth-order valence-electron chi connectivity index (χ4n) is 3.32. The molecule has 3 rings (SSSR count). The van der Waals surface area contributed by atoms with Gasteiger partial charge in [-0.15, -0.1) is 0 Å². The fraction of sp³-hybridized carbons (Fsp3) is 0.611. The summed E-state index contributed by atoms with van der Waals surface area (Å²) in [5.41, 5.74) is 3.01.